The summed E-state index contributed by atoms with van der Waals surface area (Å²) in [4.78, 5) is 4.43. The van der Waals surface area contributed by atoms with Gasteiger partial charge in [-0.25, -0.2) is 0 Å². The van der Waals surface area contributed by atoms with Crippen LogP contribution in [0.4, 0.5) is 0 Å². The van der Waals surface area contributed by atoms with E-state index >= 15 is 0 Å². The van der Waals surface area contributed by atoms with Crippen molar-refractivity contribution in [1.29, 1.82) is 0 Å². The van der Waals surface area contributed by atoms with Gasteiger partial charge in [0.25, 0.3) is 0 Å². The van der Waals surface area contributed by atoms with Crippen LogP contribution in [0.25, 0.3) is 0 Å². The normalized spacial score (nSPS) is 12.7. The second-order valence-corrected chi connectivity index (χ2v) is 6.21. The van der Waals surface area contributed by atoms with Crippen LogP contribution in [0.5, 0.6) is 0 Å². The molecule has 1 heterocycles. The van der Waals surface area contributed by atoms with Gasteiger partial charge >= 0.3 is 0 Å². The highest BCUT2D eigenvalue weighted by Gasteiger charge is 2.14. The Morgan fingerprint density at radius 2 is 2.00 bits per heavy atom. The monoisotopic (exact) mass is 377 g/mol. The van der Waals surface area contributed by atoms with E-state index in [0.717, 1.165) is 21.1 Å². The van der Waals surface area contributed by atoms with Crippen molar-refractivity contribution in [3.05, 3.63) is 26.9 Å². The molecule has 0 radical (unpaired) electrons. The summed E-state index contributed by atoms with van der Waals surface area (Å²) in [7, 11) is 0. The molecule has 1 rings (SSSR count). The number of halogens is 2. The molecule has 1 unspecified atom stereocenters. The zero-order valence-corrected chi connectivity index (χ0v) is 13.9. The molecular formula is C13H21Br2N3. The number of nitrogens with one attached hydrogen (secondary N) is 1. The van der Waals surface area contributed by atoms with Gasteiger partial charge in [0.2, 0.25) is 0 Å². The predicted molar refractivity (Wildman–Crippen MR) is 83.1 cm³/mol. The average Bonchev–Trinajstić information content (AvgIpc) is 2.35. The minimum Gasteiger partial charge on any atom is -0.271 e. The number of hydrogen-bond donors (Lipinski definition) is 2. The van der Waals surface area contributed by atoms with Crippen LogP contribution in [0.2, 0.25) is 0 Å². The van der Waals surface area contributed by atoms with Crippen LogP contribution in [0.1, 0.15) is 57.2 Å². The van der Waals surface area contributed by atoms with Crippen LogP contribution in [0, 0.1) is 0 Å². The lowest BCUT2D eigenvalue weighted by Gasteiger charge is -2.16. The molecule has 1 atom stereocenters. The molecule has 3 N–H and O–H groups in total. The van der Waals surface area contributed by atoms with Crippen molar-refractivity contribution >= 4 is 31.9 Å². The first-order chi connectivity index (χ1) is 8.69. The zero-order valence-electron chi connectivity index (χ0n) is 10.8. The van der Waals surface area contributed by atoms with E-state index in [-0.39, 0.29) is 6.04 Å². The second-order valence-electron chi connectivity index (χ2n) is 4.44. The van der Waals surface area contributed by atoms with Gasteiger partial charge in [0.1, 0.15) is 0 Å². The van der Waals surface area contributed by atoms with Crippen LogP contribution in [-0.2, 0) is 0 Å². The number of aromatic nitrogens is 1. The smallest absolute Gasteiger partial charge is 0.0729 e. The standard InChI is InChI=1S/C13H21Br2N3/c1-2-3-4-5-6-7-12(18-16)13-11(15)8-10(14)9-17-13/h8-9,12,18H,2-7,16H2,1H3. The molecule has 0 saturated heterocycles. The number of hydrazine groups is 1. The van der Waals surface area contributed by atoms with Crippen molar-refractivity contribution < 1.29 is 0 Å². The molecule has 0 bridgehead atoms. The van der Waals surface area contributed by atoms with Gasteiger partial charge < -0.3 is 0 Å². The quantitative estimate of drug-likeness (QED) is 0.398. The van der Waals surface area contributed by atoms with Crippen LogP contribution < -0.4 is 11.3 Å². The zero-order chi connectivity index (χ0) is 13.4. The van der Waals surface area contributed by atoms with Crippen LogP contribution in [-0.4, -0.2) is 4.98 Å². The first-order valence-corrected chi connectivity index (χ1v) is 8.04. The largest absolute Gasteiger partial charge is 0.271 e. The molecule has 0 saturated carbocycles. The Labute approximate surface area is 126 Å². The molecule has 0 aliphatic heterocycles. The van der Waals surface area contributed by atoms with Crippen molar-refractivity contribution in [2.75, 3.05) is 0 Å². The first-order valence-electron chi connectivity index (χ1n) is 6.46. The minimum absolute atomic E-state index is 0.120. The molecule has 0 fully saturated rings. The van der Waals surface area contributed by atoms with E-state index in [1.165, 1.54) is 32.1 Å². The Morgan fingerprint density at radius 3 is 2.61 bits per heavy atom. The summed E-state index contributed by atoms with van der Waals surface area (Å²) in [6, 6.07) is 2.12. The third kappa shape index (κ3) is 5.34. The van der Waals surface area contributed by atoms with Gasteiger partial charge in [0.05, 0.1) is 11.7 Å². The van der Waals surface area contributed by atoms with Gasteiger partial charge in [0, 0.05) is 15.1 Å². The van der Waals surface area contributed by atoms with Crippen LogP contribution in [0.3, 0.4) is 0 Å². The molecular weight excluding hydrogens is 358 g/mol. The van der Waals surface area contributed by atoms with E-state index in [1.54, 1.807) is 0 Å². The average molecular weight is 379 g/mol. The Bertz CT molecular complexity index is 358. The molecule has 102 valence electrons. The number of pyridine rings is 1. The summed E-state index contributed by atoms with van der Waals surface area (Å²) < 4.78 is 1.96. The van der Waals surface area contributed by atoms with Gasteiger partial charge in [-0.3, -0.25) is 16.3 Å². The Balaban J connectivity index is 2.49. The third-order valence-electron chi connectivity index (χ3n) is 2.96. The maximum absolute atomic E-state index is 5.63. The fourth-order valence-corrected chi connectivity index (χ4v) is 3.20. The molecule has 0 aliphatic rings. The predicted octanol–water partition coefficient (Wildman–Crippen LogP) is 4.47. The number of hydrogen-bond acceptors (Lipinski definition) is 3. The van der Waals surface area contributed by atoms with Gasteiger partial charge in [-0.1, -0.05) is 39.0 Å². The maximum Gasteiger partial charge on any atom is 0.0729 e. The fraction of sp³-hybridized carbons (Fsp3) is 0.615. The molecule has 0 aromatic carbocycles. The van der Waals surface area contributed by atoms with Crippen LogP contribution in [0.15, 0.2) is 21.2 Å². The van der Waals surface area contributed by atoms with E-state index in [2.05, 4.69) is 49.2 Å². The lowest BCUT2D eigenvalue weighted by Crippen LogP contribution is -2.29. The van der Waals surface area contributed by atoms with E-state index < -0.39 is 0 Å². The maximum atomic E-state index is 5.63. The Hall–Kier alpha value is 0.0300. The fourth-order valence-electron chi connectivity index (χ4n) is 1.93. The number of rotatable bonds is 8. The highest BCUT2D eigenvalue weighted by atomic mass is 79.9. The summed E-state index contributed by atoms with van der Waals surface area (Å²) in [6.45, 7) is 2.23. The highest BCUT2D eigenvalue weighted by molar-refractivity contribution is 9.11. The lowest BCUT2D eigenvalue weighted by atomic mass is 10.0. The van der Waals surface area contributed by atoms with Crippen molar-refractivity contribution in [2.45, 2.75) is 51.5 Å². The number of nitrogens with two attached hydrogens (primary N) is 1. The Morgan fingerprint density at radius 1 is 1.28 bits per heavy atom. The summed E-state index contributed by atoms with van der Waals surface area (Å²) in [6.07, 6.45) is 9.18. The van der Waals surface area contributed by atoms with Gasteiger partial charge in [-0.15, -0.1) is 0 Å². The highest BCUT2D eigenvalue weighted by Crippen LogP contribution is 2.27. The van der Waals surface area contributed by atoms with Gasteiger partial charge in [0.15, 0.2) is 0 Å². The van der Waals surface area contributed by atoms with Crippen molar-refractivity contribution in [2.24, 2.45) is 5.84 Å². The summed E-state index contributed by atoms with van der Waals surface area (Å²) in [5.41, 5.74) is 3.84. The second kappa shape index (κ2) is 9.02. The topological polar surface area (TPSA) is 50.9 Å². The third-order valence-corrected chi connectivity index (χ3v) is 4.03. The summed E-state index contributed by atoms with van der Waals surface area (Å²) >= 11 is 6.94. The summed E-state index contributed by atoms with van der Waals surface area (Å²) in [5.74, 6) is 5.63. The van der Waals surface area contributed by atoms with E-state index in [1.807, 2.05) is 12.3 Å². The number of nitrogens with zero attached hydrogens (tertiary/aromatic N) is 1. The minimum atomic E-state index is 0.120. The SMILES string of the molecule is CCCCCCCC(NN)c1ncc(Br)cc1Br. The van der Waals surface area contributed by atoms with E-state index in [9.17, 15) is 0 Å². The van der Waals surface area contributed by atoms with Crippen molar-refractivity contribution in [3.8, 4) is 0 Å². The molecule has 0 amide bonds. The molecule has 1 aromatic heterocycles. The molecule has 5 heteroatoms. The molecule has 0 aliphatic carbocycles. The van der Waals surface area contributed by atoms with Crippen molar-refractivity contribution in [3.63, 3.8) is 0 Å². The van der Waals surface area contributed by atoms with E-state index in [4.69, 9.17) is 5.84 Å². The van der Waals surface area contributed by atoms with Gasteiger partial charge in [-0.05, 0) is 44.3 Å². The van der Waals surface area contributed by atoms with Crippen LogP contribution >= 0.6 is 31.9 Å². The molecule has 3 nitrogen and oxygen atoms in total. The van der Waals surface area contributed by atoms with E-state index in [0.29, 0.717) is 0 Å². The summed E-state index contributed by atoms with van der Waals surface area (Å²) in [5, 5.41) is 0. The van der Waals surface area contributed by atoms with Gasteiger partial charge in [-0.2, -0.15) is 0 Å². The molecule has 18 heavy (non-hydrogen) atoms. The molecule has 1 aromatic rings. The molecule has 0 spiro atoms. The Kier molecular flexibility index (Phi) is 8.06. The van der Waals surface area contributed by atoms with Crippen molar-refractivity contribution in [1.82, 2.24) is 10.4 Å². The first kappa shape index (κ1) is 16.1. The number of unbranched alkanes of at least 4 members (excludes halogenated alkanes) is 4. The lowest BCUT2D eigenvalue weighted by molar-refractivity contribution is 0.468.